The molecular weight excluding hydrogens is 573 g/mol. The first-order chi connectivity index (χ1) is 20.2. The number of halogens is 2. The third-order valence-corrected chi connectivity index (χ3v) is 10.4. The van der Waals surface area contributed by atoms with Gasteiger partial charge in [-0.3, -0.25) is 9.69 Å². The smallest absolute Gasteiger partial charge is 0.335 e. The van der Waals surface area contributed by atoms with Crippen molar-refractivity contribution in [2.75, 3.05) is 26.2 Å². The number of aromatic carboxylic acids is 1. The zero-order valence-corrected chi connectivity index (χ0v) is 25.1. The highest BCUT2D eigenvalue weighted by Gasteiger charge is 2.42. The number of hydrogen-bond donors (Lipinski definition) is 1. The van der Waals surface area contributed by atoms with Crippen molar-refractivity contribution in [3.63, 3.8) is 0 Å². The van der Waals surface area contributed by atoms with E-state index in [1.54, 1.807) is 22.8 Å². The monoisotopic (exact) mass is 605 g/mol. The molecule has 0 saturated carbocycles. The van der Waals surface area contributed by atoms with Gasteiger partial charge in [0.1, 0.15) is 6.54 Å². The number of rotatable bonds is 7. The van der Waals surface area contributed by atoms with Crippen LogP contribution < -0.4 is 0 Å². The molecule has 9 heteroatoms. The summed E-state index contributed by atoms with van der Waals surface area (Å²) in [5.74, 6) is -1.59. The van der Waals surface area contributed by atoms with Crippen LogP contribution in [0.4, 0.5) is 4.39 Å². The average molecular weight is 606 g/mol. The molecule has 2 fully saturated rings. The first-order valence-electron chi connectivity index (χ1n) is 14.3. The van der Waals surface area contributed by atoms with Crippen LogP contribution in [-0.4, -0.2) is 57.5 Å². The van der Waals surface area contributed by atoms with Crippen LogP contribution in [0.5, 0.6) is 0 Å². The lowest BCUT2D eigenvalue weighted by Crippen LogP contribution is -2.42. The van der Waals surface area contributed by atoms with Crippen molar-refractivity contribution >= 4 is 46.1 Å². The van der Waals surface area contributed by atoms with Gasteiger partial charge in [-0.2, -0.15) is 0 Å². The number of benzene rings is 3. The molecule has 0 unspecified atom stereocenters. The van der Waals surface area contributed by atoms with Gasteiger partial charge in [0.05, 0.1) is 16.1 Å². The van der Waals surface area contributed by atoms with Gasteiger partial charge in [0.15, 0.2) is 5.82 Å². The van der Waals surface area contributed by atoms with Crippen molar-refractivity contribution < 1.29 is 19.1 Å². The second-order valence-electron chi connectivity index (χ2n) is 11.5. The van der Waals surface area contributed by atoms with Crippen molar-refractivity contribution in [1.82, 2.24) is 14.4 Å². The molecule has 1 amide bonds. The number of carbonyl (C=O) groups is 2. The minimum absolute atomic E-state index is 0.000474. The second-order valence-corrected chi connectivity index (χ2v) is 13.0. The van der Waals surface area contributed by atoms with Gasteiger partial charge in [0.25, 0.3) is 0 Å². The van der Waals surface area contributed by atoms with E-state index in [1.165, 1.54) is 29.5 Å². The van der Waals surface area contributed by atoms with Gasteiger partial charge in [0.2, 0.25) is 5.91 Å². The number of carboxylic acid groups (broad SMARTS) is 1. The van der Waals surface area contributed by atoms with Gasteiger partial charge >= 0.3 is 5.97 Å². The lowest BCUT2D eigenvalue weighted by Gasteiger charge is -2.39. The highest BCUT2D eigenvalue weighted by molar-refractivity contribution is 7.99. The Balaban J connectivity index is 1.19. The third-order valence-electron chi connectivity index (χ3n) is 8.87. The molecule has 0 radical (unpaired) electrons. The molecular formula is C33H33ClFN3O3S. The molecule has 6 nitrogen and oxygen atoms in total. The van der Waals surface area contributed by atoms with Crippen LogP contribution >= 0.6 is 23.4 Å². The lowest BCUT2D eigenvalue weighted by atomic mass is 9.77. The van der Waals surface area contributed by atoms with E-state index in [0.717, 1.165) is 60.9 Å². The van der Waals surface area contributed by atoms with E-state index in [4.69, 9.17) is 11.6 Å². The summed E-state index contributed by atoms with van der Waals surface area (Å²) in [6.07, 6.45) is 3.12. The van der Waals surface area contributed by atoms with Crippen LogP contribution in [0.25, 0.3) is 10.9 Å². The Kier molecular flexibility index (Phi) is 8.05. The highest BCUT2D eigenvalue weighted by atomic mass is 35.5. The quantitative estimate of drug-likeness (QED) is 0.243. The van der Waals surface area contributed by atoms with E-state index in [0.29, 0.717) is 17.4 Å². The maximum absolute atomic E-state index is 15.5. The van der Waals surface area contributed by atoms with E-state index >= 15 is 4.39 Å². The summed E-state index contributed by atoms with van der Waals surface area (Å²) in [7, 11) is 0. The predicted octanol–water partition coefficient (Wildman–Crippen LogP) is 7.11. The number of piperidine rings is 1. The van der Waals surface area contributed by atoms with Gasteiger partial charge in [-0.05, 0) is 80.6 Å². The molecule has 1 spiro atoms. The molecule has 2 saturated heterocycles. The largest absolute Gasteiger partial charge is 0.478 e. The van der Waals surface area contributed by atoms with Crippen LogP contribution in [0.1, 0.15) is 40.9 Å². The summed E-state index contributed by atoms with van der Waals surface area (Å²) in [5, 5.41) is 10.1. The van der Waals surface area contributed by atoms with E-state index in [1.807, 2.05) is 24.0 Å². The number of nitrogens with zero attached hydrogens (tertiary/aromatic N) is 3. The van der Waals surface area contributed by atoms with Crippen molar-refractivity contribution in [3.05, 3.63) is 94.4 Å². The van der Waals surface area contributed by atoms with E-state index in [2.05, 4.69) is 29.2 Å². The van der Waals surface area contributed by atoms with Crippen molar-refractivity contribution in [2.24, 2.45) is 5.41 Å². The van der Waals surface area contributed by atoms with Crippen LogP contribution in [0.3, 0.4) is 0 Å². The summed E-state index contributed by atoms with van der Waals surface area (Å²) in [5.41, 5.74) is 2.69. The average Bonchev–Trinajstić information content (AvgIpc) is 3.52. The summed E-state index contributed by atoms with van der Waals surface area (Å²) in [4.78, 5) is 31.1. The normalized spacial score (nSPS) is 16.9. The zero-order chi connectivity index (χ0) is 29.4. The Hall–Kier alpha value is -3.33. The van der Waals surface area contributed by atoms with Gasteiger partial charge in [-0.15, -0.1) is 0 Å². The fourth-order valence-corrected chi connectivity index (χ4v) is 7.68. The van der Waals surface area contributed by atoms with Crippen molar-refractivity contribution in [1.29, 1.82) is 0 Å². The second kappa shape index (κ2) is 11.7. The Labute approximate surface area is 254 Å². The van der Waals surface area contributed by atoms with Crippen LogP contribution in [-0.2, 0) is 17.9 Å². The molecule has 3 heterocycles. The molecule has 42 heavy (non-hydrogen) atoms. The van der Waals surface area contributed by atoms with Crippen LogP contribution in [0.15, 0.2) is 76.5 Å². The molecule has 6 rings (SSSR count). The maximum atomic E-state index is 15.5. The predicted molar refractivity (Wildman–Crippen MR) is 164 cm³/mol. The molecule has 1 aromatic heterocycles. The number of carbonyl (C=O) groups excluding carboxylic acids is 1. The molecule has 0 bridgehead atoms. The minimum atomic E-state index is -1.01. The van der Waals surface area contributed by atoms with E-state index < -0.39 is 11.8 Å². The summed E-state index contributed by atoms with van der Waals surface area (Å²) >= 11 is 7.57. The van der Waals surface area contributed by atoms with Crippen LogP contribution in [0.2, 0.25) is 5.02 Å². The number of likely N-dealkylation sites (tertiary alicyclic amines) is 2. The molecule has 1 N–H and O–H groups in total. The van der Waals surface area contributed by atoms with Gasteiger partial charge in [-0.1, -0.05) is 59.8 Å². The Morgan fingerprint density at radius 2 is 1.74 bits per heavy atom. The number of hydrogen-bond acceptors (Lipinski definition) is 4. The number of fused-ring (bicyclic) bond motifs is 1. The van der Waals surface area contributed by atoms with Gasteiger partial charge < -0.3 is 14.6 Å². The standard InChI is InChI=1S/C33H33ClFN3O3S/c1-22-31(42-25-9-5-8-24(18-25)32(40)41)26-10-11-27(34)29(35)30(26)38(22)20-28(39)37-17-14-33(21-37)12-15-36(16-13-33)19-23-6-3-2-4-7-23/h2-11,18H,12-17,19-21H2,1H3,(H,40,41). The third kappa shape index (κ3) is 5.68. The van der Waals surface area contributed by atoms with Crippen molar-refractivity contribution in [2.45, 2.75) is 49.1 Å². The molecule has 2 aliphatic heterocycles. The fraction of sp³-hybridized carbons (Fsp3) is 0.333. The highest BCUT2D eigenvalue weighted by Crippen LogP contribution is 2.43. The number of carboxylic acids is 1. The molecule has 0 aliphatic carbocycles. The topological polar surface area (TPSA) is 65.8 Å². The van der Waals surface area contributed by atoms with E-state index in [9.17, 15) is 14.7 Å². The van der Waals surface area contributed by atoms with Gasteiger partial charge in [0, 0.05) is 40.5 Å². The molecule has 218 valence electrons. The van der Waals surface area contributed by atoms with Gasteiger partial charge in [-0.25, -0.2) is 9.18 Å². The first-order valence-corrected chi connectivity index (χ1v) is 15.4. The maximum Gasteiger partial charge on any atom is 0.335 e. The van der Waals surface area contributed by atoms with E-state index in [-0.39, 0.29) is 28.5 Å². The lowest BCUT2D eigenvalue weighted by molar-refractivity contribution is -0.131. The molecule has 4 aromatic rings. The summed E-state index contributed by atoms with van der Waals surface area (Å²) in [6, 6.07) is 20.5. The SMILES string of the molecule is Cc1c(Sc2cccc(C(=O)O)c2)c2ccc(Cl)c(F)c2n1CC(=O)N1CCC2(CCN(Cc3ccccc3)CC2)C1. The number of aromatic nitrogens is 1. The zero-order valence-electron chi connectivity index (χ0n) is 23.5. The summed E-state index contributed by atoms with van der Waals surface area (Å²) < 4.78 is 17.2. The van der Waals surface area contributed by atoms with Crippen LogP contribution in [0, 0.1) is 18.2 Å². The Morgan fingerprint density at radius 1 is 1.00 bits per heavy atom. The molecule has 2 aliphatic rings. The Morgan fingerprint density at radius 3 is 2.48 bits per heavy atom. The fourth-order valence-electron chi connectivity index (χ4n) is 6.43. The molecule has 0 atom stereocenters. The van der Waals surface area contributed by atoms with Crippen molar-refractivity contribution in [3.8, 4) is 0 Å². The molecule has 3 aromatic carbocycles. The first kappa shape index (κ1) is 28.8. The summed E-state index contributed by atoms with van der Waals surface area (Å²) in [6.45, 7) is 6.33. The Bertz CT molecular complexity index is 1650. The number of amides is 1. The minimum Gasteiger partial charge on any atom is -0.478 e.